The Hall–Kier alpha value is 0.230. The van der Waals surface area contributed by atoms with E-state index in [1.807, 2.05) is 0 Å². The van der Waals surface area contributed by atoms with E-state index in [2.05, 4.69) is 20.7 Å². The Morgan fingerprint density at radius 1 is 1.33 bits per heavy atom. The molecule has 5 heteroatoms. The van der Waals surface area contributed by atoms with Crippen molar-refractivity contribution in [2.24, 2.45) is 0 Å². The van der Waals surface area contributed by atoms with Gasteiger partial charge in [0.05, 0.1) is 0 Å². The van der Waals surface area contributed by atoms with Gasteiger partial charge in [-0.3, -0.25) is 0 Å². The molecule has 0 fully saturated rings. The fourth-order valence-electron chi connectivity index (χ4n) is 0.244. The van der Waals surface area contributed by atoms with Gasteiger partial charge in [0.15, 0.2) is 11.3 Å². The maximum atomic E-state index is 12.0. The van der Waals surface area contributed by atoms with E-state index in [0.29, 0.717) is 0 Å². The predicted octanol–water partition coefficient (Wildman–Crippen LogP) is 1.96. The minimum atomic E-state index is -2.25. The van der Waals surface area contributed by atoms with Gasteiger partial charge in [0.25, 0.3) is 0 Å². The summed E-state index contributed by atoms with van der Waals surface area (Å²) in [5, 5.41) is -2.01. The van der Waals surface area contributed by atoms with Gasteiger partial charge >= 0.3 is 0 Å². The lowest BCUT2D eigenvalue weighted by atomic mass is 10.4. The van der Waals surface area contributed by atoms with Crippen LogP contribution < -0.4 is 0 Å². The molecule has 0 heterocycles. The smallest absolute Gasteiger partial charge is 0.234 e. The Morgan fingerprint density at radius 2 is 1.78 bits per heavy atom. The van der Waals surface area contributed by atoms with Crippen molar-refractivity contribution in [1.29, 1.82) is 0 Å². The van der Waals surface area contributed by atoms with Crippen LogP contribution in [0.2, 0.25) is 0 Å². The van der Waals surface area contributed by atoms with Crippen LogP contribution in [0.3, 0.4) is 0 Å². The molecule has 1 nitrogen and oxygen atoms in total. The Bertz CT molecular complexity index is 80.2. The molecule has 0 N–H and O–H groups in total. The summed E-state index contributed by atoms with van der Waals surface area (Å²) in [5.41, 5.74) is 0. The van der Waals surface area contributed by atoms with Gasteiger partial charge in [-0.2, -0.15) is 0 Å². The number of alkyl halides is 4. The fourth-order valence-corrected chi connectivity index (χ4v) is 0.484. The Kier molecular flexibility index (Phi) is 4.22. The number of hydrogen-bond acceptors (Lipinski definition) is 1. The highest BCUT2D eigenvalue weighted by Crippen LogP contribution is 2.16. The molecule has 0 spiro atoms. The number of methoxy groups -OCH3 is 1. The molecular weight excluding hydrogens is 201 g/mol. The maximum Gasteiger partial charge on any atom is 0.234 e. The Balaban J connectivity index is 3.58. The van der Waals surface area contributed by atoms with Crippen LogP contribution >= 0.6 is 15.9 Å². The molecule has 0 aromatic heterocycles. The van der Waals surface area contributed by atoms with Gasteiger partial charge in [-0.25, -0.2) is 13.2 Å². The van der Waals surface area contributed by atoms with E-state index in [-0.39, 0.29) is 0 Å². The first-order chi connectivity index (χ1) is 4.09. The second kappa shape index (κ2) is 4.11. The monoisotopic (exact) mass is 206 g/mol. The van der Waals surface area contributed by atoms with Crippen LogP contribution in [0, 0.1) is 0 Å². The van der Waals surface area contributed by atoms with Crippen LogP contribution in [0.1, 0.15) is 0 Å². The van der Waals surface area contributed by atoms with Crippen molar-refractivity contribution in [3.8, 4) is 0 Å². The molecule has 0 aliphatic rings. The minimum Gasteiger partial charge on any atom is -0.349 e. The van der Waals surface area contributed by atoms with Crippen molar-refractivity contribution in [3.63, 3.8) is 0 Å². The molecule has 9 heavy (non-hydrogen) atoms. The van der Waals surface area contributed by atoms with Gasteiger partial charge in [-0.15, -0.1) is 0 Å². The average Bonchev–Trinajstić information content (AvgIpc) is 1.84. The normalized spacial score (nSPS) is 21.0. The second-order valence-corrected chi connectivity index (χ2v) is 2.24. The molecule has 0 saturated heterocycles. The topological polar surface area (TPSA) is 9.23 Å². The summed E-state index contributed by atoms with van der Waals surface area (Å²) in [6.45, 7) is 0. The summed E-state index contributed by atoms with van der Waals surface area (Å²) in [5.74, 6) is 0. The maximum absolute atomic E-state index is 12.0. The van der Waals surface area contributed by atoms with Crippen LogP contribution in [0.5, 0.6) is 0 Å². The summed E-state index contributed by atoms with van der Waals surface area (Å²) in [6.07, 6.45) is -4.45. The van der Waals surface area contributed by atoms with Crippen molar-refractivity contribution in [2.45, 2.75) is 17.6 Å². The fraction of sp³-hybridized carbons (Fsp3) is 1.00. The number of rotatable bonds is 3. The molecule has 0 radical (unpaired) electrons. The molecule has 0 aliphatic heterocycles. The largest absolute Gasteiger partial charge is 0.349 e. The van der Waals surface area contributed by atoms with E-state index in [0.717, 1.165) is 7.11 Å². The first kappa shape index (κ1) is 9.23. The summed E-state index contributed by atoms with van der Waals surface area (Å²) in [4.78, 5) is 0. The zero-order valence-corrected chi connectivity index (χ0v) is 6.24. The molecule has 56 valence electrons. The van der Waals surface area contributed by atoms with E-state index in [9.17, 15) is 13.2 Å². The summed E-state index contributed by atoms with van der Waals surface area (Å²) in [6, 6.07) is 0. The summed E-state index contributed by atoms with van der Waals surface area (Å²) >= 11 is 2.22. The third-order valence-electron chi connectivity index (χ3n) is 0.716. The third-order valence-corrected chi connectivity index (χ3v) is 1.22. The zero-order chi connectivity index (χ0) is 7.44. The molecule has 0 aromatic rings. The lowest BCUT2D eigenvalue weighted by molar-refractivity contribution is -0.0705. The lowest BCUT2D eigenvalue weighted by Gasteiger charge is -2.10. The number of ether oxygens (including phenoxy) is 1. The third kappa shape index (κ3) is 3.05. The summed E-state index contributed by atoms with van der Waals surface area (Å²) < 4.78 is 39.5. The molecule has 0 amide bonds. The van der Waals surface area contributed by atoms with Gasteiger partial charge in [0.2, 0.25) is 6.36 Å². The van der Waals surface area contributed by atoms with Gasteiger partial charge < -0.3 is 4.74 Å². The zero-order valence-electron chi connectivity index (χ0n) is 4.65. The highest BCUT2D eigenvalue weighted by Gasteiger charge is 2.27. The van der Waals surface area contributed by atoms with Crippen LogP contribution in [-0.4, -0.2) is 24.7 Å². The molecule has 3 atom stereocenters. The van der Waals surface area contributed by atoms with Crippen molar-refractivity contribution < 1.29 is 17.9 Å². The van der Waals surface area contributed by atoms with Gasteiger partial charge in [-0.1, -0.05) is 0 Å². The van der Waals surface area contributed by atoms with Crippen molar-refractivity contribution in [2.75, 3.05) is 7.11 Å². The molecule has 0 saturated carbocycles. The Morgan fingerprint density at radius 3 is 1.89 bits per heavy atom. The second-order valence-electron chi connectivity index (χ2n) is 1.37. The van der Waals surface area contributed by atoms with Crippen LogP contribution in [-0.2, 0) is 4.74 Å². The quantitative estimate of drug-likeness (QED) is 0.642. The number of halogens is 4. The molecule has 0 aromatic carbocycles. The molecular formula is C4H6BrF3O. The Labute approximate surface area is 59.3 Å². The minimum absolute atomic E-state index is 0.965. The van der Waals surface area contributed by atoms with Crippen molar-refractivity contribution >= 4 is 15.9 Å². The summed E-state index contributed by atoms with van der Waals surface area (Å²) in [7, 11) is 0.965. The van der Waals surface area contributed by atoms with Crippen molar-refractivity contribution in [3.05, 3.63) is 0 Å². The van der Waals surface area contributed by atoms with E-state index in [1.165, 1.54) is 0 Å². The average molecular weight is 207 g/mol. The lowest BCUT2D eigenvalue weighted by Crippen LogP contribution is -2.25. The SMILES string of the molecule is COC(F)C(F)C(F)Br. The van der Waals surface area contributed by atoms with E-state index < -0.39 is 17.6 Å². The molecule has 3 unspecified atom stereocenters. The first-order valence-electron chi connectivity index (χ1n) is 2.18. The predicted molar refractivity (Wildman–Crippen MR) is 30.6 cm³/mol. The van der Waals surface area contributed by atoms with Gasteiger partial charge in [-0.05, 0) is 15.9 Å². The standard InChI is InChI=1S/C4H6BrF3O/c1-9-4(8)2(6)3(5)7/h2-4H,1H3. The van der Waals surface area contributed by atoms with Gasteiger partial charge in [0, 0.05) is 7.11 Å². The molecule has 0 bridgehead atoms. The van der Waals surface area contributed by atoms with E-state index in [4.69, 9.17) is 0 Å². The van der Waals surface area contributed by atoms with Gasteiger partial charge in [0.1, 0.15) is 0 Å². The van der Waals surface area contributed by atoms with Crippen molar-refractivity contribution in [1.82, 2.24) is 0 Å². The number of hydrogen-bond donors (Lipinski definition) is 0. The first-order valence-corrected chi connectivity index (χ1v) is 3.10. The van der Waals surface area contributed by atoms with Crippen LogP contribution in [0.25, 0.3) is 0 Å². The van der Waals surface area contributed by atoms with Crippen LogP contribution in [0.15, 0.2) is 0 Å². The van der Waals surface area contributed by atoms with E-state index >= 15 is 0 Å². The molecule has 0 aliphatic carbocycles. The van der Waals surface area contributed by atoms with E-state index in [1.54, 1.807) is 0 Å². The highest BCUT2D eigenvalue weighted by molar-refractivity contribution is 9.09. The van der Waals surface area contributed by atoms with Crippen LogP contribution in [0.4, 0.5) is 13.2 Å². The molecule has 0 rings (SSSR count). The highest BCUT2D eigenvalue weighted by atomic mass is 79.9.